The Morgan fingerprint density at radius 1 is 1.18 bits per heavy atom. The highest BCUT2D eigenvalue weighted by atomic mass is 16.5. The molecule has 4 atom stereocenters. The number of aryl methyl sites for hydroxylation is 1. The van der Waals surface area contributed by atoms with Crippen LogP contribution in [0.2, 0.25) is 0 Å². The average molecular weight is 381 g/mol. The van der Waals surface area contributed by atoms with Crippen LogP contribution in [0.1, 0.15) is 22.6 Å². The molecule has 0 bridgehead atoms. The number of carbonyl (C=O) groups excluding carboxylic acids is 1. The van der Waals surface area contributed by atoms with E-state index in [1.807, 2.05) is 62.4 Å². The summed E-state index contributed by atoms with van der Waals surface area (Å²) < 4.78 is 5.76. The highest BCUT2D eigenvalue weighted by Crippen LogP contribution is 2.68. The molecule has 1 saturated carbocycles. The highest BCUT2D eigenvalue weighted by molar-refractivity contribution is 5.78. The third kappa shape index (κ3) is 2.99. The van der Waals surface area contributed by atoms with Crippen LogP contribution >= 0.6 is 0 Å². The minimum atomic E-state index is -0.639. The quantitative estimate of drug-likeness (QED) is 0.834. The van der Waals surface area contributed by atoms with E-state index in [1.54, 1.807) is 4.90 Å². The van der Waals surface area contributed by atoms with Gasteiger partial charge in [0.15, 0.2) is 6.61 Å². The molecular formula is C23H27NO4. The van der Waals surface area contributed by atoms with Crippen molar-refractivity contribution in [2.75, 3.05) is 26.3 Å². The predicted octanol–water partition coefficient (Wildman–Crippen LogP) is 2.28. The van der Waals surface area contributed by atoms with Gasteiger partial charge < -0.3 is 19.8 Å². The van der Waals surface area contributed by atoms with Crippen molar-refractivity contribution in [3.05, 3.63) is 65.2 Å². The number of aliphatic hydroxyl groups is 2. The van der Waals surface area contributed by atoms with Crippen LogP contribution in [0.25, 0.3) is 0 Å². The molecule has 2 aliphatic rings. The van der Waals surface area contributed by atoms with Gasteiger partial charge in [-0.05, 0) is 48.4 Å². The van der Waals surface area contributed by atoms with Gasteiger partial charge in [-0.25, -0.2) is 0 Å². The Balaban J connectivity index is 1.45. The molecule has 5 nitrogen and oxygen atoms in total. The summed E-state index contributed by atoms with van der Waals surface area (Å²) in [6.45, 7) is 4.69. The summed E-state index contributed by atoms with van der Waals surface area (Å²) in [6, 6.07) is 15.7. The van der Waals surface area contributed by atoms with E-state index in [4.69, 9.17) is 4.74 Å². The van der Waals surface area contributed by atoms with Gasteiger partial charge in [-0.15, -0.1) is 0 Å². The number of likely N-dealkylation sites (tertiary alicyclic amines) is 1. The third-order valence-corrected chi connectivity index (χ3v) is 6.66. The van der Waals surface area contributed by atoms with Crippen molar-refractivity contribution in [1.29, 1.82) is 0 Å². The summed E-state index contributed by atoms with van der Waals surface area (Å²) in [5.74, 6) is 0.630. The summed E-state index contributed by atoms with van der Waals surface area (Å²) >= 11 is 0. The average Bonchev–Trinajstić information content (AvgIpc) is 3.24. The van der Waals surface area contributed by atoms with Crippen molar-refractivity contribution in [2.45, 2.75) is 25.9 Å². The fourth-order valence-corrected chi connectivity index (χ4v) is 4.87. The van der Waals surface area contributed by atoms with Gasteiger partial charge in [-0.1, -0.05) is 42.5 Å². The van der Waals surface area contributed by atoms with E-state index in [1.165, 1.54) is 0 Å². The molecule has 148 valence electrons. The van der Waals surface area contributed by atoms with E-state index in [2.05, 4.69) is 0 Å². The Labute approximate surface area is 165 Å². The number of amides is 1. The van der Waals surface area contributed by atoms with Crippen molar-refractivity contribution in [3.63, 3.8) is 0 Å². The van der Waals surface area contributed by atoms with Crippen molar-refractivity contribution < 1.29 is 19.7 Å². The monoisotopic (exact) mass is 381 g/mol. The lowest BCUT2D eigenvalue weighted by atomic mass is 9.95. The standard InChI is InChI=1S/C23H27NO4/c1-15-7-6-10-19(16(15)2)28-13-21(27)24-11-20(26)23(14-24)18(12-25)22(23)17-8-4-3-5-9-17/h3-10,18,20,22,25-26H,11-14H2,1-2H3/t18-,20+,22-,23-/m1/s1. The minimum Gasteiger partial charge on any atom is -0.483 e. The molecule has 2 N–H and O–H groups in total. The summed E-state index contributed by atoms with van der Waals surface area (Å²) in [5.41, 5.74) is 2.81. The van der Waals surface area contributed by atoms with Gasteiger partial charge in [0.1, 0.15) is 5.75 Å². The fraction of sp³-hybridized carbons (Fsp3) is 0.435. The van der Waals surface area contributed by atoms with Gasteiger partial charge in [-0.3, -0.25) is 4.79 Å². The molecule has 2 fully saturated rings. The number of benzene rings is 2. The lowest BCUT2D eigenvalue weighted by Gasteiger charge is -2.18. The van der Waals surface area contributed by atoms with E-state index in [0.717, 1.165) is 16.7 Å². The van der Waals surface area contributed by atoms with Crippen LogP contribution in [0.4, 0.5) is 0 Å². The Morgan fingerprint density at radius 3 is 2.64 bits per heavy atom. The number of ether oxygens (including phenoxy) is 1. The summed E-state index contributed by atoms with van der Waals surface area (Å²) in [5, 5.41) is 20.7. The van der Waals surface area contributed by atoms with Gasteiger partial charge in [0.25, 0.3) is 5.91 Å². The molecule has 1 spiro atoms. The number of rotatable bonds is 5. The number of aliphatic hydroxyl groups excluding tert-OH is 2. The van der Waals surface area contributed by atoms with Crippen LogP contribution in [-0.4, -0.2) is 53.4 Å². The van der Waals surface area contributed by atoms with Crippen molar-refractivity contribution in [1.82, 2.24) is 4.90 Å². The van der Waals surface area contributed by atoms with Gasteiger partial charge in [0, 0.05) is 25.1 Å². The molecule has 5 heteroatoms. The zero-order valence-electron chi connectivity index (χ0n) is 16.3. The molecule has 1 aliphatic carbocycles. The van der Waals surface area contributed by atoms with Crippen LogP contribution in [0.3, 0.4) is 0 Å². The van der Waals surface area contributed by atoms with E-state index < -0.39 is 11.5 Å². The highest BCUT2D eigenvalue weighted by Gasteiger charge is 2.71. The van der Waals surface area contributed by atoms with Gasteiger partial charge in [0.05, 0.1) is 6.10 Å². The first-order valence-corrected chi connectivity index (χ1v) is 9.79. The van der Waals surface area contributed by atoms with E-state index in [9.17, 15) is 15.0 Å². The topological polar surface area (TPSA) is 70.0 Å². The maximum absolute atomic E-state index is 12.7. The van der Waals surface area contributed by atoms with Gasteiger partial charge in [0.2, 0.25) is 0 Å². The van der Waals surface area contributed by atoms with Gasteiger partial charge >= 0.3 is 0 Å². The Bertz CT molecular complexity index is 868. The first kappa shape index (κ1) is 19.0. The molecule has 0 radical (unpaired) electrons. The molecule has 0 aromatic heterocycles. The third-order valence-electron chi connectivity index (χ3n) is 6.66. The smallest absolute Gasteiger partial charge is 0.260 e. The number of carbonyl (C=O) groups is 1. The maximum atomic E-state index is 12.7. The summed E-state index contributed by atoms with van der Waals surface area (Å²) in [7, 11) is 0. The van der Waals surface area contributed by atoms with Crippen LogP contribution in [-0.2, 0) is 4.79 Å². The lowest BCUT2D eigenvalue weighted by Crippen LogP contribution is -2.34. The number of hydrogen-bond donors (Lipinski definition) is 2. The molecule has 28 heavy (non-hydrogen) atoms. The largest absolute Gasteiger partial charge is 0.483 e. The van der Waals surface area contributed by atoms with E-state index >= 15 is 0 Å². The predicted molar refractivity (Wildman–Crippen MR) is 106 cm³/mol. The Kier molecular flexibility index (Phi) is 4.89. The van der Waals surface area contributed by atoms with Crippen molar-refractivity contribution >= 4 is 5.91 Å². The minimum absolute atomic E-state index is 0.0115. The molecule has 1 heterocycles. The molecule has 2 aromatic rings. The molecule has 0 unspecified atom stereocenters. The first-order chi connectivity index (χ1) is 13.5. The molecule has 2 aromatic carbocycles. The van der Waals surface area contributed by atoms with E-state index in [-0.39, 0.29) is 37.5 Å². The second-order valence-electron chi connectivity index (χ2n) is 8.07. The molecule has 4 rings (SSSR count). The van der Waals surface area contributed by atoms with E-state index in [0.29, 0.717) is 12.3 Å². The number of β-amino-alcohol motifs (C(OH)–C–C–N with tert-alkyl or cyclic N) is 1. The first-order valence-electron chi connectivity index (χ1n) is 9.79. The molecule has 1 saturated heterocycles. The normalized spacial score (nSPS) is 28.6. The molecule has 1 aliphatic heterocycles. The van der Waals surface area contributed by atoms with Crippen molar-refractivity contribution in [3.8, 4) is 5.75 Å². The summed E-state index contributed by atoms with van der Waals surface area (Å²) in [4.78, 5) is 14.4. The SMILES string of the molecule is Cc1cccc(OCC(=O)N2C[C@H](O)[C@@]3(C2)[C@H](CO)[C@H]3c2ccccc2)c1C. The molecular weight excluding hydrogens is 354 g/mol. The maximum Gasteiger partial charge on any atom is 0.260 e. The zero-order valence-corrected chi connectivity index (χ0v) is 16.3. The second kappa shape index (κ2) is 7.22. The Morgan fingerprint density at radius 2 is 1.93 bits per heavy atom. The summed E-state index contributed by atoms with van der Waals surface area (Å²) in [6.07, 6.45) is -0.639. The van der Waals surface area contributed by atoms with Crippen LogP contribution in [0, 0.1) is 25.2 Å². The Hall–Kier alpha value is -2.37. The van der Waals surface area contributed by atoms with Crippen LogP contribution in [0.5, 0.6) is 5.75 Å². The number of hydrogen-bond acceptors (Lipinski definition) is 4. The zero-order chi connectivity index (χ0) is 19.9. The molecule has 1 amide bonds. The number of nitrogens with zero attached hydrogens (tertiary/aromatic N) is 1. The fourth-order valence-electron chi connectivity index (χ4n) is 4.87. The lowest BCUT2D eigenvalue weighted by molar-refractivity contribution is -0.132. The van der Waals surface area contributed by atoms with Crippen molar-refractivity contribution in [2.24, 2.45) is 11.3 Å². The van der Waals surface area contributed by atoms with Crippen LogP contribution in [0.15, 0.2) is 48.5 Å². The second-order valence-corrected chi connectivity index (χ2v) is 8.07. The van der Waals surface area contributed by atoms with Gasteiger partial charge in [-0.2, -0.15) is 0 Å². The van der Waals surface area contributed by atoms with Crippen LogP contribution < -0.4 is 4.74 Å².